The molecule has 0 saturated heterocycles. The molecule has 0 bridgehead atoms. The number of anilines is 2. The summed E-state index contributed by atoms with van der Waals surface area (Å²) in [6.07, 6.45) is 0. The molecule has 5 heterocycles. The summed E-state index contributed by atoms with van der Waals surface area (Å²) in [5.74, 6) is 0. The first kappa shape index (κ1) is 36.3. The highest BCUT2D eigenvalue weighted by Crippen LogP contribution is 2.50. The third-order valence-corrected chi connectivity index (χ3v) is 15.8. The van der Waals surface area contributed by atoms with E-state index in [1.807, 2.05) is 22.7 Å². The van der Waals surface area contributed by atoms with Gasteiger partial charge in [0, 0.05) is 90.4 Å². The highest BCUT2D eigenvalue weighted by atomic mass is 32.1. The standard InChI is InChI=1S/C56H43BN2OS2/c1-55(2,3)30-19-22-32(23-20-30)58-41-29-45-36(33-13-7-10-16-44(33)60-45)26-38(41)51-52-53-49(50-35-15-9-12-18-47(35)62-54(50)51)39-25-31(56(4,5)6)21-24-42(39)59(53)43-27-37-34-14-8-11-17-46(34)61-48(37)28-40(43)57-52/h7-29,57-58H,1-6H3. The van der Waals surface area contributed by atoms with Gasteiger partial charge < -0.3 is 14.3 Å². The van der Waals surface area contributed by atoms with Gasteiger partial charge in [0.05, 0.1) is 11.2 Å². The van der Waals surface area contributed by atoms with Crippen molar-refractivity contribution in [1.29, 1.82) is 0 Å². The number of hydrogen-bond donors (Lipinski definition) is 1. The minimum Gasteiger partial charge on any atom is -0.456 e. The predicted molar refractivity (Wildman–Crippen MR) is 273 cm³/mol. The van der Waals surface area contributed by atoms with Gasteiger partial charge in [-0.05, 0) is 93.6 Å². The van der Waals surface area contributed by atoms with Gasteiger partial charge in [0.15, 0.2) is 7.28 Å². The summed E-state index contributed by atoms with van der Waals surface area (Å²) in [7, 11) is 0.821. The van der Waals surface area contributed by atoms with Gasteiger partial charge in [-0.2, -0.15) is 0 Å². The van der Waals surface area contributed by atoms with Gasteiger partial charge >= 0.3 is 0 Å². The number of furan rings is 1. The average Bonchev–Trinajstić information content (AvgIpc) is 4.01. The number of nitrogens with zero attached hydrogens (tertiary/aromatic N) is 1. The Kier molecular flexibility index (Phi) is 7.40. The molecule has 0 unspecified atom stereocenters. The molecule has 6 heteroatoms. The Hall–Kier alpha value is -6.34. The predicted octanol–water partition coefficient (Wildman–Crippen LogP) is 15.1. The summed E-state index contributed by atoms with van der Waals surface area (Å²) < 4.78 is 14.6. The molecule has 1 aliphatic heterocycles. The lowest BCUT2D eigenvalue weighted by molar-refractivity contribution is 0.590. The molecule has 1 N–H and O–H groups in total. The van der Waals surface area contributed by atoms with Crippen molar-refractivity contribution in [3.63, 3.8) is 0 Å². The average molecular weight is 835 g/mol. The summed E-state index contributed by atoms with van der Waals surface area (Å²) in [6.45, 7) is 13.8. The minimum absolute atomic E-state index is 0.00447. The Morgan fingerprint density at radius 2 is 1.24 bits per heavy atom. The van der Waals surface area contributed by atoms with Gasteiger partial charge in [0.25, 0.3) is 0 Å². The molecule has 0 spiro atoms. The van der Waals surface area contributed by atoms with E-state index in [1.54, 1.807) is 0 Å². The van der Waals surface area contributed by atoms with Crippen molar-refractivity contribution in [2.24, 2.45) is 0 Å². The SMILES string of the molecule is CC(C)(C)c1ccc(Nc2cc3oc4ccccc4c3cc2-c2c3c4c(c5cc(C(C)(C)C)ccc5n4-c4cc5c(cc4B3)sc3ccccc35)c3c2sc2ccccc23)cc1. The van der Waals surface area contributed by atoms with Gasteiger partial charge in [0.2, 0.25) is 0 Å². The molecule has 4 aromatic heterocycles. The van der Waals surface area contributed by atoms with E-state index < -0.39 is 0 Å². The molecule has 0 aliphatic carbocycles. The number of hydrogen-bond acceptors (Lipinski definition) is 4. The molecule has 0 amide bonds. The maximum absolute atomic E-state index is 6.63. The van der Waals surface area contributed by atoms with Gasteiger partial charge in [-0.1, -0.05) is 120 Å². The first-order valence-corrected chi connectivity index (χ1v) is 23.3. The lowest BCUT2D eigenvalue weighted by Gasteiger charge is -2.25. The second kappa shape index (κ2) is 12.6. The van der Waals surface area contributed by atoms with Gasteiger partial charge in [-0.15, -0.1) is 22.7 Å². The van der Waals surface area contributed by atoms with Crippen molar-refractivity contribution in [3.8, 4) is 16.8 Å². The Morgan fingerprint density at radius 3 is 2.02 bits per heavy atom. The van der Waals surface area contributed by atoms with Crippen LogP contribution in [0.4, 0.5) is 11.4 Å². The largest absolute Gasteiger partial charge is 0.456 e. The van der Waals surface area contributed by atoms with Gasteiger partial charge in [-0.3, -0.25) is 0 Å². The Labute approximate surface area is 368 Å². The van der Waals surface area contributed by atoms with Crippen LogP contribution in [0.15, 0.2) is 144 Å². The van der Waals surface area contributed by atoms with Crippen LogP contribution in [0.25, 0.3) is 101 Å². The number of thiophene rings is 2. The van der Waals surface area contributed by atoms with E-state index in [1.165, 1.54) is 101 Å². The molecule has 0 atom stereocenters. The van der Waals surface area contributed by atoms with E-state index in [4.69, 9.17) is 4.42 Å². The molecule has 0 fully saturated rings. The van der Waals surface area contributed by atoms with Crippen molar-refractivity contribution in [1.82, 2.24) is 4.57 Å². The van der Waals surface area contributed by atoms with Crippen LogP contribution in [0.2, 0.25) is 0 Å². The van der Waals surface area contributed by atoms with Crippen molar-refractivity contribution in [2.75, 3.05) is 5.32 Å². The van der Waals surface area contributed by atoms with Crippen LogP contribution >= 0.6 is 22.7 Å². The lowest BCUT2D eigenvalue weighted by atomic mass is 9.58. The highest BCUT2D eigenvalue weighted by molar-refractivity contribution is 7.27. The zero-order chi connectivity index (χ0) is 41.8. The fraction of sp³-hybridized carbons (Fsp3) is 0.143. The van der Waals surface area contributed by atoms with Crippen molar-refractivity contribution in [2.45, 2.75) is 52.4 Å². The number of nitrogens with one attached hydrogen (secondary N) is 1. The maximum atomic E-state index is 6.63. The van der Waals surface area contributed by atoms with Gasteiger partial charge in [-0.25, -0.2) is 0 Å². The van der Waals surface area contributed by atoms with Crippen LogP contribution < -0.4 is 16.2 Å². The summed E-state index contributed by atoms with van der Waals surface area (Å²) in [4.78, 5) is 0. The molecule has 0 saturated carbocycles. The molecule has 0 radical (unpaired) electrons. The Bertz CT molecular complexity index is 3880. The molecule has 13 rings (SSSR count). The number of fused-ring (bicyclic) bond motifs is 15. The monoisotopic (exact) mass is 834 g/mol. The fourth-order valence-electron chi connectivity index (χ4n) is 10.4. The molecular weight excluding hydrogens is 792 g/mol. The Balaban J connectivity index is 1.20. The molecule has 12 aromatic rings. The van der Waals surface area contributed by atoms with E-state index in [0.29, 0.717) is 0 Å². The molecule has 298 valence electrons. The summed E-state index contributed by atoms with van der Waals surface area (Å²) in [6, 6.07) is 52.4. The van der Waals surface area contributed by atoms with Gasteiger partial charge in [0.1, 0.15) is 11.2 Å². The number of para-hydroxylation sites is 1. The normalized spacial score (nSPS) is 13.1. The third-order valence-electron chi connectivity index (χ3n) is 13.5. The minimum atomic E-state index is -0.00447. The van der Waals surface area contributed by atoms with E-state index in [-0.39, 0.29) is 10.8 Å². The van der Waals surface area contributed by atoms with E-state index in [2.05, 4.69) is 191 Å². The zero-order valence-corrected chi connectivity index (χ0v) is 37.3. The van der Waals surface area contributed by atoms with Crippen LogP contribution in [0.5, 0.6) is 0 Å². The third kappa shape index (κ3) is 5.17. The van der Waals surface area contributed by atoms with Crippen LogP contribution in [-0.2, 0) is 10.8 Å². The smallest absolute Gasteiger partial charge is 0.198 e. The first-order valence-electron chi connectivity index (χ1n) is 21.7. The maximum Gasteiger partial charge on any atom is 0.198 e. The van der Waals surface area contributed by atoms with Crippen molar-refractivity contribution in [3.05, 3.63) is 151 Å². The van der Waals surface area contributed by atoms with E-state index in [0.717, 1.165) is 40.6 Å². The summed E-state index contributed by atoms with van der Waals surface area (Å²) in [5.41, 5.74) is 15.7. The van der Waals surface area contributed by atoms with Crippen molar-refractivity contribution >= 4 is 136 Å². The quantitative estimate of drug-likeness (QED) is 0.180. The lowest BCUT2D eigenvalue weighted by Crippen LogP contribution is -2.37. The molecule has 62 heavy (non-hydrogen) atoms. The fourth-order valence-corrected chi connectivity index (χ4v) is 12.8. The number of benzene rings is 8. The van der Waals surface area contributed by atoms with E-state index in [9.17, 15) is 0 Å². The first-order chi connectivity index (χ1) is 30.0. The second-order valence-electron chi connectivity index (χ2n) is 19.4. The molecule has 3 nitrogen and oxygen atoms in total. The van der Waals surface area contributed by atoms with Crippen LogP contribution in [0, 0.1) is 0 Å². The van der Waals surface area contributed by atoms with Crippen LogP contribution in [-0.4, -0.2) is 11.8 Å². The van der Waals surface area contributed by atoms with Crippen LogP contribution in [0.3, 0.4) is 0 Å². The zero-order valence-electron chi connectivity index (χ0n) is 35.7. The number of aromatic nitrogens is 1. The number of rotatable bonds is 3. The van der Waals surface area contributed by atoms with Crippen molar-refractivity contribution < 1.29 is 4.42 Å². The topological polar surface area (TPSA) is 30.1 Å². The highest BCUT2D eigenvalue weighted by Gasteiger charge is 2.32. The molecule has 8 aromatic carbocycles. The second-order valence-corrected chi connectivity index (χ2v) is 21.5. The van der Waals surface area contributed by atoms with E-state index >= 15 is 0 Å². The Morgan fingerprint density at radius 1 is 0.548 bits per heavy atom. The summed E-state index contributed by atoms with van der Waals surface area (Å²) in [5, 5.41) is 14.2. The van der Waals surface area contributed by atoms with Crippen LogP contribution in [0.1, 0.15) is 52.7 Å². The summed E-state index contributed by atoms with van der Waals surface area (Å²) >= 11 is 3.85. The molecule has 1 aliphatic rings. The molecular formula is C56H43BN2OS2.